The molecule has 118 valence electrons. The standard InChI is InChI=1S/C15H22N2O3.ClH/c1-20-15(19)13-5-3-2-4-12(13)14(6-11-18)17-9-7-16-8-10-17;/h2-5,14,16,18H,6-11H2,1H3;1H/t14-;/m1./s1. The minimum absolute atomic E-state index is 0. The summed E-state index contributed by atoms with van der Waals surface area (Å²) in [6, 6.07) is 7.55. The van der Waals surface area contributed by atoms with E-state index < -0.39 is 0 Å². The van der Waals surface area contributed by atoms with Crippen LogP contribution in [0.3, 0.4) is 0 Å². The SMILES string of the molecule is COC(=O)c1ccccc1[C@@H](CCO)N1CCNCC1.Cl. The minimum atomic E-state index is -0.321. The first-order valence-corrected chi connectivity index (χ1v) is 7.00. The predicted octanol–water partition coefficient (Wildman–Crippen LogP) is 1.22. The zero-order chi connectivity index (χ0) is 14.4. The molecule has 0 spiro atoms. The molecule has 1 aromatic carbocycles. The molecular formula is C15H23ClN2O3. The Morgan fingerprint density at radius 2 is 2.05 bits per heavy atom. The van der Waals surface area contributed by atoms with Gasteiger partial charge in [0.1, 0.15) is 0 Å². The molecule has 0 saturated carbocycles. The fourth-order valence-corrected chi connectivity index (χ4v) is 2.73. The second-order valence-electron chi connectivity index (χ2n) is 4.89. The van der Waals surface area contributed by atoms with E-state index in [2.05, 4.69) is 10.2 Å². The average Bonchev–Trinajstić information content (AvgIpc) is 2.53. The number of hydrogen-bond acceptors (Lipinski definition) is 5. The van der Waals surface area contributed by atoms with Gasteiger partial charge in [0.15, 0.2) is 0 Å². The van der Waals surface area contributed by atoms with Gasteiger partial charge in [0, 0.05) is 38.8 Å². The molecule has 0 bridgehead atoms. The fourth-order valence-electron chi connectivity index (χ4n) is 2.73. The number of nitrogens with one attached hydrogen (secondary N) is 1. The maximum Gasteiger partial charge on any atom is 0.338 e. The first-order chi connectivity index (χ1) is 9.77. The maximum absolute atomic E-state index is 11.9. The Labute approximate surface area is 131 Å². The molecule has 21 heavy (non-hydrogen) atoms. The van der Waals surface area contributed by atoms with Gasteiger partial charge < -0.3 is 15.2 Å². The number of halogens is 1. The number of aliphatic hydroxyl groups excluding tert-OH is 1. The maximum atomic E-state index is 11.9. The monoisotopic (exact) mass is 314 g/mol. The lowest BCUT2D eigenvalue weighted by Gasteiger charge is -2.35. The second kappa shape index (κ2) is 9.00. The fraction of sp³-hybridized carbons (Fsp3) is 0.533. The van der Waals surface area contributed by atoms with Gasteiger partial charge in [-0.1, -0.05) is 18.2 Å². The number of esters is 1. The summed E-state index contributed by atoms with van der Waals surface area (Å²) in [5.41, 5.74) is 1.53. The Kier molecular flexibility index (Phi) is 7.67. The zero-order valence-electron chi connectivity index (χ0n) is 12.2. The molecule has 0 aliphatic carbocycles. The molecule has 1 aliphatic heterocycles. The van der Waals surface area contributed by atoms with E-state index in [1.54, 1.807) is 6.07 Å². The van der Waals surface area contributed by atoms with Crippen LogP contribution in [0.2, 0.25) is 0 Å². The van der Waals surface area contributed by atoms with E-state index in [-0.39, 0.29) is 31.0 Å². The van der Waals surface area contributed by atoms with Crippen molar-refractivity contribution in [3.63, 3.8) is 0 Å². The Bertz CT molecular complexity index is 450. The second-order valence-corrected chi connectivity index (χ2v) is 4.89. The van der Waals surface area contributed by atoms with E-state index in [9.17, 15) is 9.90 Å². The van der Waals surface area contributed by atoms with Crippen molar-refractivity contribution >= 4 is 18.4 Å². The molecule has 5 nitrogen and oxygen atoms in total. The summed E-state index contributed by atoms with van der Waals surface area (Å²) in [5, 5.41) is 12.7. The topological polar surface area (TPSA) is 61.8 Å². The number of nitrogens with zero attached hydrogens (tertiary/aromatic N) is 1. The van der Waals surface area contributed by atoms with Crippen LogP contribution in [-0.4, -0.2) is 55.9 Å². The van der Waals surface area contributed by atoms with Gasteiger partial charge in [0.05, 0.1) is 12.7 Å². The molecule has 1 aromatic rings. The molecule has 1 fully saturated rings. The molecule has 1 atom stereocenters. The van der Waals surface area contributed by atoms with Crippen LogP contribution in [0.5, 0.6) is 0 Å². The zero-order valence-corrected chi connectivity index (χ0v) is 13.1. The van der Waals surface area contributed by atoms with Crippen LogP contribution < -0.4 is 5.32 Å². The number of methoxy groups -OCH3 is 1. The normalized spacial score (nSPS) is 16.9. The molecule has 0 radical (unpaired) electrons. The number of hydrogen-bond donors (Lipinski definition) is 2. The smallest absolute Gasteiger partial charge is 0.338 e. The number of rotatable bonds is 5. The van der Waals surface area contributed by atoms with E-state index >= 15 is 0 Å². The minimum Gasteiger partial charge on any atom is -0.465 e. The van der Waals surface area contributed by atoms with E-state index in [4.69, 9.17) is 4.74 Å². The van der Waals surface area contributed by atoms with Gasteiger partial charge in [0.25, 0.3) is 0 Å². The highest BCUT2D eigenvalue weighted by molar-refractivity contribution is 5.91. The van der Waals surface area contributed by atoms with Crippen LogP contribution in [-0.2, 0) is 4.74 Å². The van der Waals surface area contributed by atoms with E-state index in [1.807, 2.05) is 18.2 Å². The molecule has 1 saturated heterocycles. The van der Waals surface area contributed by atoms with Gasteiger partial charge in [0.2, 0.25) is 0 Å². The average molecular weight is 315 g/mol. The van der Waals surface area contributed by atoms with Gasteiger partial charge >= 0.3 is 5.97 Å². The molecule has 0 unspecified atom stereocenters. The Balaban J connectivity index is 0.00000220. The third-order valence-electron chi connectivity index (χ3n) is 3.72. The van der Waals surface area contributed by atoms with Gasteiger partial charge in [-0.2, -0.15) is 0 Å². The van der Waals surface area contributed by atoms with E-state index in [0.29, 0.717) is 12.0 Å². The summed E-state index contributed by atoms with van der Waals surface area (Å²) in [5.74, 6) is -0.321. The van der Waals surface area contributed by atoms with Gasteiger partial charge in [-0.15, -0.1) is 12.4 Å². The van der Waals surface area contributed by atoms with Crippen LogP contribution in [0.25, 0.3) is 0 Å². The van der Waals surface area contributed by atoms with Crippen molar-refractivity contribution in [3.8, 4) is 0 Å². The lowest BCUT2D eigenvalue weighted by molar-refractivity contribution is 0.0593. The van der Waals surface area contributed by atoms with Crippen molar-refractivity contribution in [3.05, 3.63) is 35.4 Å². The van der Waals surface area contributed by atoms with Crippen LogP contribution in [0.4, 0.5) is 0 Å². The van der Waals surface area contributed by atoms with Crippen molar-refractivity contribution in [2.75, 3.05) is 39.9 Å². The van der Waals surface area contributed by atoms with Gasteiger partial charge in [-0.25, -0.2) is 4.79 Å². The first kappa shape index (κ1) is 17.9. The lowest BCUT2D eigenvalue weighted by atomic mass is 9.96. The third-order valence-corrected chi connectivity index (χ3v) is 3.72. The molecule has 6 heteroatoms. The molecule has 1 aliphatic rings. The Morgan fingerprint density at radius 3 is 2.67 bits per heavy atom. The van der Waals surface area contributed by atoms with Gasteiger partial charge in [-0.3, -0.25) is 4.90 Å². The molecule has 0 aromatic heterocycles. The van der Waals surface area contributed by atoms with Crippen molar-refractivity contribution < 1.29 is 14.6 Å². The summed E-state index contributed by atoms with van der Waals surface area (Å²) >= 11 is 0. The molecule has 2 rings (SSSR count). The van der Waals surface area contributed by atoms with Crippen LogP contribution in [0, 0.1) is 0 Å². The van der Waals surface area contributed by atoms with Crippen molar-refractivity contribution in [2.24, 2.45) is 0 Å². The quantitative estimate of drug-likeness (QED) is 0.800. The Hall–Kier alpha value is -1.14. The number of aliphatic hydroxyl groups is 1. The number of ether oxygens (including phenoxy) is 1. The molecule has 2 N–H and O–H groups in total. The lowest BCUT2D eigenvalue weighted by Crippen LogP contribution is -2.45. The molecule has 1 heterocycles. The van der Waals surface area contributed by atoms with Crippen LogP contribution in [0.15, 0.2) is 24.3 Å². The van der Waals surface area contributed by atoms with Crippen LogP contribution >= 0.6 is 12.4 Å². The van der Waals surface area contributed by atoms with Crippen molar-refractivity contribution in [2.45, 2.75) is 12.5 Å². The summed E-state index contributed by atoms with van der Waals surface area (Å²) in [7, 11) is 1.39. The molecular weight excluding hydrogens is 292 g/mol. The Morgan fingerprint density at radius 1 is 1.38 bits per heavy atom. The van der Waals surface area contributed by atoms with Crippen molar-refractivity contribution in [1.82, 2.24) is 10.2 Å². The highest BCUT2D eigenvalue weighted by atomic mass is 35.5. The summed E-state index contributed by atoms with van der Waals surface area (Å²) in [6.07, 6.45) is 0.619. The number of carbonyl (C=O) groups excluding carboxylic acids is 1. The molecule has 0 amide bonds. The summed E-state index contributed by atoms with van der Waals surface area (Å²) < 4.78 is 4.86. The first-order valence-electron chi connectivity index (χ1n) is 7.00. The third kappa shape index (κ3) is 4.41. The summed E-state index contributed by atoms with van der Waals surface area (Å²) in [4.78, 5) is 14.2. The summed E-state index contributed by atoms with van der Waals surface area (Å²) in [6.45, 7) is 3.80. The highest BCUT2D eigenvalue weighted by Crippen LogP contribution is 2.27. The number of benzene rings is 1. The highest BCUT2D eigenvalue weighted by Gasteiger charge is 2.25. The predicted molar refractivity (Wildman–Crippen MR) is 83.9 cm³/mol. The number of piperazine rings is 1. The van der Waals surface area contributed by atoms with Crippen LogP contribution in [0.1, 0.15) is 28.4 Å². The van der Waals surface area contributed by atoms with Gasteiger partial charge in [-0.05, 0) is 18.1 Å². The number of carbonyl (C=O) groups is 1. The largest absolute Gasteiger partial charge is 0.465 e. The van der Waals surface area contributed by atoms with Crippen molar-refractivity contribution in [1.29, 1.82) is 0 Å². The van der Waals surface area contributed by atoms with E-state index in [0.717, 1.165) is 31.7 Å². The van der Waals surface area contributed by atoms with E-state index in [1.165, 1.54) is 7.11 Å².